The fourth-order valence-corrected chi connectivity index (χ4v) is 3.99. The summed E-state index contributed by atoms with van der Waals surface area (Å²) in [5, 5.41) is 2.93. The smallest absolute Gasteiger partial charge is 0.273 e. The summed E-state index contributed by atoms with van der Waals surface area (Å²) in [6, 6.07) is 0. The van der Waals surface area contributed by atoms with Gasteiger partial charge in [0.1, 0.15) is 17.2 Å². The molecule has 1 unspecified atom stereocenters. The van der Waals surface area contributed by atoms with Gasteiger partial charge in [0, 0.05) is 18.5 Å². The number of methoxy groups -OCH3 is 2. The van der Waals surface area contributed by atoms with Crippen molar-refractivity contribution < 1.29 is 19.1 Å². The molecule has 1 aliphatic heterocycles. The molecule has 2 aliphatic carbocycles. The van der Waals surface area contributed by atoms with E-state index in [0.29, 0.717) is 42.3 Å². The molecule has 0 spiro atoms. The second-order valence-electron chi connectivity index (χ2n) is 7.27. The number of amides is 2. The van der Waals surface area contributed by atoms with Gasteiger partial charge in [-0.25, -0.2) is 4.99 Å². The monoisotopic (exact) mass is 372 g/mol. The van der Waals surface area contributed by atoms with Crippen molar-refractivity contribution in [3.8, 4) is 0 Å². The van der Waals surface area contributed by atoms with Gasteiger partial charge in [0.15, 0.2) is 0 Å². The minimum Gasteiger partial charge on any atom is -0.500 e. The molecule has 0 aromatic carbocycles. The lowest BCUT2D eigenvalue weighted by Gasteiger charge is -2.26. The van der Waals surface area contributed by atoms with Crippen molar-refractivity contribution in [1.29, 1.82) is 0 Å². The minimum absolute atomic E-state index is 0.0645. The molecular weight excluding hydrogens is 344 g/mol. The molecule has 0 bridgehead atoms. The summed E-state index contributed by atoms with van der Waals surface area (Å²) in [5.41, 5.74) is 1.17. The van der Waals surface area contributed by atoms with Crippen molar-refractivity contribution in [3.63, 3.8) is 0 Å². The highest BCUT2D eigenvalue weighted by Crippen LogP contribution is 2.31. The SMILES string of the molecule is COC1=CC=C(OC)C2C=C(CCNC(=O)CCC3CCCC3)C(=O)N=C12. The third-order valence-corrected chi connectivity index (χ3v) is 5.54. The van der Waals surface area contributed by atoms with Crippen molar-refractivity contribution in [1.82, 2.24) is 5.32 Å². The molecule has 1 fully saturated rings. The Hall–Kier alpha value is -2.37. The van der Waals surface area contributed by atoms with Gasteiger partial charge in [-0.1, -0.05) is 31.8 Å². The largest absolute Gasteiger partial charge is 0.500 e. The van der Waals surface area contributed by atoms with Gasteiger partial charge in [-0.3, -0.25) is 9.59 Å². The zero-order chi connectivity index (χ0) is 19.2. The molecule has 0 aromatic rings. The first-order chi connectivity index (χ1) is 13.1. The molecule has 1 atom stereocenters. The first-order valence-electron chi connectivity index (χ1n) is 9.73. The van der Waals surface area contributed by atoms with E-state index in [4.69, 9.17) is 9.47 Å². The number of fused-ring (bicyclic) bond motifs is 1. The topological polar surface area (TPSA) is 77.0 Å². The minimum atomic E-state index is -0.276. The third kappa shape index (κ3) is 4.67. The molecule has 0 radical (unpaired) electrons. The number of carbonyl (C=O) groups is 2. The van der Waals surface area contributed by atoms with Gasteiger partial charge in [0.2, 0.25) is 5.91 Å². The standard InChI is InChI=1S/C21H28N2O4/c1-26-17-8-9-18(27-2)20-16(17)13-15(21(25)23-20)11-12-22-19(24)10-7-14-5-3-4-6-14/h8-9,13-14,16H,3-7,10-12H2,1-2H3,(H,22,24). The van der Waals surface area contributed by atoms with E-state index in [1.54, 1.807) is 20.3 Å². The summed E-state index contributed by atoms with van der Waals surface area (Å²) in [4.78, 5) is 28.6. The van der Waals surface area contributed by atoms with Gasteiger partial charge in [-0.2, -0.15) is 0 Å². The van der Waals surface area contributed by atoms with Gasteiger partial charge in [0.05, 0.1) is 20.1 Å². The van der Waals surface area contributed by atoms with Crippen LogP contribution in [0.1, 0.15) is 44.9 Å². The van der Waals surface area contributed by atoms with E-state index in [0.717, 1.165) is 12.2 Å². The van der Waals surface area contributed by atoms with Crippen LogP contribution in [0, 0.1) is 11.8 Å². The Morgan fingerprint density at radius 3 is 2.70 bits per heavy atom. The molecule has 1 saturated carbocycles. The predicted molar refractivity (Wildman–Crippen MR) is 103 cm³/mol. The van der Waals surface area contributed by atoms with Crippen LogP contribution in [-0.2, 0) is 19.1 Å². The van der Waals surface area contributed by atoms with Crippen LogP contribution in [0.5, 0.6) is 0 Å². The number of hydrogen-bond donors (Lipinski definition) is 1. The summed E-state index contributed by atoms with van der Waals surface area (Å²) >= 11 is 0. The average Bonchev–Trinajstić information content (AvgIpc) is 3.19. The Balaban J connectivity index is 1.52. The average molecular weight is 372 g/mol. The van der Waals surface area contributed by atoms with E-state index in [1.807, 2.05) is 12.2 Å². The zero-order valence-electron chi connectivity index (χ0n) is 16.1. The first kappa shape index (κ1) is 19.4. The zero-order valence-corrected chi connectivity index (χ0v) is 16.1. The first-order valence-corrected chi connectivity index (χ1v) is 9.73. The number of dihydropyridines is 1. The maximum absolute atomic E-state index is 12.4. The number of aliphatic imine (C=N–C) groups is 1. The van der Waals surface area contributed by atoms with E-state index in [9.17, 15) is 9.59 Å². The lowest BCUT2D eigenvalue weighted by Crippen LogP contribution is -2.30. The van der Waals surface area contributed by atoms with E-state index >= 15 is 0 Å². The molecule has 27 heavy (non-hydrogen) atoms. The molecule has 0 aromatic heterocycles. The summed E-state index contributed by atoms with van der Waals surface area (Å²) in [5.74, 6) is 1.57. The number of carbonyl (C=O) groups excluding carboxylic acids is 2. The third-order valence-electron chi connectivity index (χ3n) is 5.54. The van der Waals surface area contributed by atoms with E-state index in [1.165, 1.54) is 25.7 Å². The van der Waals surface area contributed by atoms with Crippen LogP contribution in [0.3, 0.4) is 0 Å². The van der Waals surface area contributed by atoms with Crippen molar-refractivity contribution in [2.24, 2.45) is 16.8 Å². The maximum Gasteiger partial charge on any atom is 0.273 e. The summed E-state index contributed by atoms with van der Waals surface area (Å²) in [6.45, 7) is 0.442. The van der Waals surface area contributed by atoms with Crippen LogP contribution in [0.4, 0.5) is 0 Å². The van der Waals surface area contributed by atoms with Crippen LogP contribution in [0.2, 0.25) is 0 Å². The Bertz CT molecular complexity index is 712. The van der Waals surface area contributed by atoms with Crippen molar-refractivity contribution in [2.75, 3.05) is 20.8 Å². The molecule has 1 N–H and O–H groups in total. The Morgan fingerprint density at radius 1 is 1.22 bits per heavy atom. The van der Waals surface area contributed by atoms with E-state index in [-0.39, 0.29) is 17.7 Å². The summed E-state index contributed by atoms with van der Waals surface area (Å²) in [6.07, 6.45) is 12.6. The number of hydrogen-bond acceptors (Lipinski definition) is 4. The van der Waals surface area contributed by atoms with Crippen LogP contribution >= 0.6 is 0 Å². The van der Waals surface area contributed by atoms with Crippen LogP contribution in [0.25, 0.3) is 0 Å². The lowest BCUT2D eigenvalue weighted by molar-refractivity contribution is -0.121. The van der Waals surface area contributed by atoms with Crippen molar-refractivity contribution in [2.45, 2.75) is 44.9 Å². The molecule has 1 heterocycles. The fraction of sp³-hybridized carbons (Fsp3) is 0.571. The van der Waals surface area contributed by atoms with Gasteiger partial charge < -0.3 is 14.8 Å². The lowest BCUT2D eigenvalue weighted by atomic mass is 9.89. The number of allylic oxidation sites excluding steroid dienone is 4. The molecule has 0 saturated heterocycles. The second-order valence-corrected chi connectivity index (χ2v) is 7.27. The quantitative estimate of drug-likeness (QED) is 0.710. The van der Waals surface area contributed by atoms with Crippen LogP contribution in [0.15, 0.2) is 40.3 Å². The molecule has 3 rings (SSSR count). The molecule has 2 amide bonds. The van der Waals surface area contributed by atoms with Gasteiger partial charge in [0.25, 0.3) is 5.91 Å². The number of nitrogens with one attached hydrogen (secondary N) is 1. The Labute approximate surface area is 160 Å². The Morgan fingerprint density at radius 2 is 2.00 bits per heavy atom. The highest BCUT2D eigenvalue weighted by atomic mass is 16.5. The summed E-state index contributed by atoms with van der Waals surface area (Å²) < 4.78 is 10.7. The fourth-order valence-electron chi connectivity index (χ4n) is 3.99. The predicted octanol–water partition coefficient (Wildman–Crippen LogP) is 3.06. The maximum atomic E-state index is 12.4. The van der Waals surface area contributed by atoms with Gasteiger partial charge >= 0.3 is 0 Å². The summed E-state index contributed by atoms with van der Waals surface area (Å²) in [7, 11) is 3.16. The number of ether oxygens (including phenoxy) is 2. The van der Waals surface area contributed by atoms with E-state index < -0.39 is 0 Å². The molecule has 6 heteroatoms. The number of nitrogens with zero attached hydrogens (tertiary/aromatic N) is 1. The van der Waals surface area contributed by atoms with Crippen LogP contribution < -0.4 is 5.32 Å². The number of rotatable bonds is 8. The molecule has 6 nitrogen and oxygen atoms in total. The molecule has 3 aliphatic rings. The highest BCUT2D eigenvalue weighted by molar-refractivity contribution is 6.15. The normalized spacial score (nSPS) is 22.3. The highest BCUT2D eigenvalue weighted by Gasteiger charge is 2.32. The molecular formula is C21H28N2O4. The van der Waals surface area contributed by atoms with E-state index in [2.05, 4.69) is 10.3 Å². The Kier molecular flexibility index (Phi) is 6.48. The van der Waals surface area contributed by atoms with Gasteiger partial charge in [-0.05, 0) is 30.9 Å². The van der Waals surface area contributed by atoms with Crippen molar-refractivity contribution in [3.05, 3.63) is 35.3 Å². The second kappa shape index (κ2) is 9.02. The molecule has 146 valence electrons. The van der Waals surface area contributed by atoms with Crippen LogP contribution in [-0.4, -0.2) is 38.3 Å². The van der Waals surface area contributed by atoms with Crippen molar-refractivity contribution >= 4 is 17.5 Å². The van der Waals surface area contributed by atoms with Gasteiger partial charge in [-0.15, -0.1) is 0 Å².